The highest BCUT2D eigenvalue weighted by atomic mass is 32.2. The van der Waals surface area contributed by atoms with E-state index in [0.717, 1.165) is 23.9 Å². The molecular formula is C21H16F3N3O2S. The number of benzene rings is 2. The number of carbonyl (C=O) groups excluding carboxylic acids is 1. The Morgan fingerprint density at radius 2 is 1.90 bits per heavy atom. The van der Waals surface area contributed by atoms with Crippen LogP contribution in [0.2, 0.25) is 0 Å². The van der Waals surface area contributed by atoms with Gasteiger partial charge in [0.2, 0.25) is 5.91 Å². The smallest absolute Gasteiger partial charge is 0.279 e. The fraction of sp³-hybridized carbons (Fsp3) is 0.190. The highest BCUT2D eigenvalue weighted by Gasteiger charge is 2.33. The van der Waals surface area contributed by atoms with Gasteiger partial charge in [-0.25, -0.2) is 13.2 Å². The Morgan fingerprint density at radius 3 is 2.63 bits per heavy atom. The molecule has 1 aliphatic heterocycles. The van der Waals surface area contributed by atoms with E-state index in [4.69, 9.17) is 0 Å². The van der Waals surface area contributed by atoms with Crippen LogP contribution in [0.5, 0.6) is 0 Å². The third-order valence-electron chi connectivity index (χ3n) is 4.95. The second kappa shape index (κ2) is 7.98. The van der Waals surface area contributed by atoms with Gasteiger partial charge in [0.05, 0.1) is 5.56 Å². The Kier molecular flexibility index (Phi) is 5.38. The Hall–Kier alpha value is -3.07. The third kappa shape index (κ3) is 3.72. The van der Waals surface area contributed by atoms with E-state index in [0.29, 0.717) is 5.56 Å². The number of carbonyl (C=O) groups is 1. The van der Waals surface area contributed by atoms with Crippen LogP contribution in [0.25, 0.3) is 0 Å². The summed E-state index contributed by atoms with van der Waals surface area (Å²) in [6.07, 6.45) is -0.159. The van der Waals surface area contributed by atoms with Gasteiger partial charge in [-0.05, 0) is 23.3 Å². The molecule has 0 radical (unpaired) electrons. The van der Waals surface area contributed by atoms with E-state index < -0.39 is 29.0 Å². The molecule has 1 N–H and O–H groups in total. The molecule has 1 aromatic heterocycles. The maximum Gasteiger partial charge on any atom is 0.279 e. The van der Waals surface area contributed by atoms with Crippen molar-refractivity contribution in [3.8, 4) is 0 Å². The van der Waals surface area contributed by atoms with E-state index in [9.17, 15) is 22.8 Å². The third-order valence-corrected chi connectivity index (χ3v) is 6.03. The van der Waals surface area contributed by atoms with Crippen LogP contribution in [0.3, 0.4) is 0 Å². The lowest BCUT2D eigenvalue weighted by molar-refractivity contribution is -0.116. The predicted octanol–water partition coefficient (Wildman–Crippen LogP) is 3.96. The molecular weight excluding hydrogens is 415 g/mol. The van der Waals surface area contributed by atoms with Crippen LogP contribution in [0.4, 0.5) is 19.0 Å². The van der Waals surface area contributed by atoms with Crippen molar-refractivity contribution < 1.29 is 18.0 Å². The van der Waals surface area contributed by atoms with Gasteiger partial charge in [0, 0.05) is 31.2 Å². The molecule has 0 spiro atoms. The molecule has 2 heterocycles. The average molecular weight is 431 g/mol. The number of nitrogens with zero attached hydrogens (tertiary/aromatic N) is 2. The van der Waals surface area contributed by atoms with Crippen LogP contribution in [0.1, 0.15) is 29.0 Å². The Morgan fingerprint density at radius 1 is 1.13 bits per heavy atom. The maximum absolute atomic E-state index is 14.4. The number of hydrogen-bond acceptors (Lipinski definition) is 4. The van der Waals surface area contributed by atoms with Crippen LogP contribution >= 0.6 is 11.8 Å². The summed E-state index contributed by atoms with van der Waals surface area (Å²) in [5, 5.41) is 2.93. The number of thioether (sulfide) groups is 1. The molecule has 1 aliphatic rings. The van der Waals surface area contributed by atoms with Crippen molar-refractivity contribution in [1.82, 2.24) is 9.55 Å². The van der Waals surface area contributed by atoms with Gasteiger partial charge in [0.1, 0.15) is 23.3 Å². The van der Waals surface area contributed by atoms with Crippen molar-refractivity contribution in [2.75, 3.05) is 5.32 Å². The van der Waals surface area contributed by atoms with E-state index in [1.165, 1.54) is 16.7 Å². The van der Waals surface area contributed by atoms with Gasteiger partial charge in [-0.3, -0.25) is 9.59 Å². The topological polar surface area (TPSA) is 64.0 Å². The molecule has 3 aromatic rings. The lowest BCUT2D eigenvalue weighted by atomic mass is 9.86. The fourth-order valence-electron chi connectivity index (χ4n) is 3.47. The second-order valence-electron chi connectivity index (χ2n) is 6.87. The van der Waals surface area contributed by atoms with Crippen molar-refractivity contribution in [3.05, 3.63) is 87.0 Å². The molecule has 0 aliphatic carbocycles. The Labute approximate surface area is 174 Å². The number of halogens is 3. The quantitative estimate of drug-likeness (QED) is 0.502. The van der Waals surface area contributed by atoms with E-state index in [-0.39, 0.29) is 40.1 Å². The molecule has 30 heavy (non-hydrogen) atoms. The zero-order valence-corrected chi connectivity index (χ0v) is 16.6. The standard InChI is InChI=1S/C21H16F3N3O2S/c1-27-19-18(14(9-17(28)25-19)13-7-6-12(22)8-16(13)24)20(29)26-21(27)30-10-11-4-2-3-5-15(11)23/h2-8,14H,9-10H2,1H3,(H,25,28). The molecule has 9 heteroatoms. The molecule has 2 aromatic carbocycles. The highest BCUT2D eigenvalue weighted by molar-refractivity contribution is 7.98. The summed E-state index contributed by atoms with van der Waals surface area (Å²) in [6, 6.07) is 9.31. The van der Waals surface area contributed by atoms with Crippen LogP contribution in [0.15, 0.2) is 52.4 Å². The predicted molar refractivity (Wildman–Crippen MR) is 107 cm³/mol. The van der Waals surface area contributed by atoms with E-state index in [1.54, 1.807) is 25.2 Å². The molecule has 1 amide bonds. The summed E-state index contributed by atoms with van der Waals surface area (Å²) >= 11 is 1.14. The monoisotopic (exact) mass is 431 g/mol. The summed E-state index contributed by atoms with van der Waals surface area (Å²) in [7, 11) is 1.61. The largest absolute Gasteiger partial charge is 0.312 e. The molecule has 154 valence electrons. The second-order valence-corrected chi connectivity index (χ2v) is 7.81. The highest BCUT2D eigenvalue weighted by Crippen LogP contribution is 2.37. The van der Waals surface area contributed by atoms with Crippen LogP contribution < -0.4 is 10.9 Å². The molecule has 0 saturated carbocycles. The molecule has 1 atom stereocenters. The van der Waals surface area contributed by atoms with Crippen LogP contribution in [-0.2, 0) is 17.6 Å². The van der Waals surface area contributed by atoms with E-state index in [2.05, 4.69) is 10.3 Å². The van der Waals surface area contributed by atoms with Gasteiger partial charge in [0.25, 0.3) is 5.56 Å². The summed E-state index contributed by atoms with van der Waals surface area (Å²) in [5.74, 6) is -2.79. The minimum atomic E-state index is -0.883. The van der Waals surface area contributed by atoms with Crippen molar-refractivity contribution in [3.63, 3.8) is 0 Å². The normalized spacial score (nSPS) is 15.6. The first-order valence-corrected chi connectivity index (χ1v) is 10.1. The molecule has 5 nitrogen and oxygen atoms in total. The molecule has 4 rings (SSSR count). The van der Waals surface area contributed by atoms with Gasteiger partial charge < -0.3 is 9.88 Å². The van der Waals surface area contributed by atoms with Gasteiger partial charge in [-0.1, -0.05) is 36.0 Å². The first-order chi connectivity index (χ1) is 14.3. The summed E-state index contributed by atoms with van der Waals surface area (Å²) in [6.45, 7) is 0. The number of anilines is 1. The van der Waals surface area contributed by atoms with E-state index >= 15 is 0 Å². The van der Waals surface area contributed by atoms with Crippen molar-refractivity contribution >= 4 is 23.5 Å². The number of hydrogen-bond donors (Lipinski definition) is 1. The minimum Gasteiger partial charge on any atom is -0.312 e. The average Bonchev–Trinajstić information content (AvgIpc) is 2.70. The van der Waals surface area contributed by atoms with Crippen molar-refractivity contribution in [2.45, 2.75) is 23.2 Å². The zero-order valence-electron chi connectivity index (χ0n) is 15.8. The Balaban J connectivity index is 1.75. The van der Waals surface area contributed by atoms with Crippen LogP contribution in [0, 0.1) is 17.5 Å². The SMILES string of the molecule is Cn1c(SCc2ccccc2F)nc(=O)c2c1NC(=O)CC2c1ccc(F)cc1F. The van der Waals surface area contributed by atoms with Crippen molar-refractivity contribution in [2.24, 2.45) is 7.05 Å². The van der Waals surface area contributed by atoms with E-state index in [1.807, 2.05) is 0 Å². The first-order valence-electron chi connectivity index (χ1n) is 9.07. The molecule has 0 saturated heterocycles. The van der Waals surface area contributed by atoms with Crippen LogP contribution in [-0.4, -0.2) is 15.5 Å². The van der Waals surface area contributed by atoms with Crippen molar-refractivity contribution in [1.29, 1.82) is 0 Å². The van der Waals surface area contributed by atoms with Gasteiger partial charge in [0.15, 0.2) is 5.16 Å². The fourth-order valence-corrected chi connectivity index (χ4v) is 4.42. The molecule has 1 unspecified atom stereocenters. The summed E-state index contributed by atoms with van der Waals surface area (Å²) in [5.41, 5.74) is 0.0219. The zero-order chi connectivity index (χ0) is 21.4. The lowest BCUT2D eigenvalue weighted by Gasteiger charge is -2.27. The Bertz CT molecular complexity index is 1210. The number of nitrogens with one attached hydrogen (secondary N) is 1. The number of amides is 1. The number of rotatable bonds is 4. The van der Waals surface area contributed by atoms with Gasteiger partial charge in [-0.2, -0.15) is 4.98 Å². The van der Waals surface area contributed by atoms with Gasteiger partial charge in [-0.15, -0.1) is 0 Å². The summed E-state index contributed by atoms with van der Waals surface area (Å²) < 4.78 is 43.1. The molecule has 0 bridgehead atoms. The lowest BCUT2D eigenvalue weighted by Crippen LogP contribution is -2.33. The molecule has 0 fully saturated rings. The minimum absolute atomic E-state index is 0.0539. The number of aromatic nitrogens is 2. The first kappa shape index (κ1) is 20.2. The summed E-state index contributed by atoms with van der Waals surface area (Å²) in [4.78, 5) is 29.2. The van der Waals surface area contributed by atoms with Gasteiger partial charge >= 0.3 is 0 Å². The maximum atomic E-state index is 14.4. The number of fused-ring (bicyclic) bond motifs is 1.